The van der Waals surface area contributed by atoms with E-state index in [4.69, 9.17) is 32.7 Å². The van der Waals surface area contributed by atoms with E-state index in [1.807, 2.05) is 0 Å². The van der Waals surface area contributed by atoms with Crippen molar-refractivity contribution in [3.63, 3.8) is 0 Å². The maximum absolute atomic E-state index is 11.3. The largest absolute Gasteiger partial charge is 0.507 e. The lowest BCUT2D eigenvalue weighted by atomic mass is 9.95. The summed E-state index contributed by atoms with van der Waals surface area (Å²) in [6.45, 7) is 5.27. The van der Waals surface area contributed by atoms with Gasteiger partial charge in [-0.15, -0.1) is 0 Å². The molecule has 0 fully saturated rings. The molecule has 0 amide bonds. The van der Waals surface area contributed by atoms with Gasteiger partial charge in [-0.3, -0.25) is 0 Å². The van der Waals surface area contributed by atoms with Gasteiger partial charge in [-0.25, -0.2) is 0 Å². The molecule has 0 radical (unpaired) electrons. The van der Waals surface area contributed by atoms with E-state index in [1.54, 1.807) is 48.5 Å². The highest BCUT2D eigenvalue weighted by Crippen LogP contribution is 2.48. The van der Waals surface area contributed by atoms with Gasteiger partial charge in [0.1, 0.15) is 23.0 Å². The summed E-state index contributed by atoms with van der Waals surface area (Å²) < 4.78 is 12.2. The first kappa shape index (κ1) is 24.3. The second-order valence-electron chi connectivity index (χ2n) is 8.33. The zero-order valence-electron chi connectivity index (χ0n) is 19.3. The normalized spacial score (nSPS) is 11.3. The number of phenols is 2. The maximum Gasteiger partial charge on any atom is 0.131 e. The Hall–Kier alpha value is -2.82. The number of fused-ring (bicyclic) bond motifs is 2. The molecule has 4 rings (SSSR count). The molecular formula is C28H28Cl2O4. The van der Waals surface area contributed by atoms with Gasteiger partial charge in [0.2, 0.25) is 0 Å². The number of halogens is 2. The van der Waals surface area contributed by atoms with E-state index in [0.717, 1.165) is 36.5 Å². The predicted octanol–water partition coefficient (Wildman–Crippen LogP) is 8.74. The highest BCUT2D eigenvalue weighted by molar-refractivity contribution is 6.32. The lowest BCUT2D eigenvalue weighted by molar-refractivity contribution is 0.312. The van der Waals surface area contributed by atoms with Crippen LogP contribution in [0.5, 0.6) is 23.0 Å². The van der Waals surface area contributed by atoms with Crippen molar-refractivity contribution in [2.24, 2.45) is 0 Å². The molecule has 0 unspecified atom stereocenters. The summed E-state index contributed by atoms with van der Waals surface area (Å²) in [5.41, 5.74) is 0.909. The second kappa shape index (κ2) is 10.6. The Bertz CT molecular complexity index is 1230. The number of ether oxygens (including phenoxy) is 2. The highest BCUT2D eigenvalue weighted by atomic mass is 35.5. The van der Waals surface area contributed by atoms with Crippen LogP contribution in [0.2, 0.25) is 10.0 Å². The van der Waals surface area contributed by atoms with Crippen molar-refractivity contribution in [1.82, 2.24) is 0 Å². The Morgan fingerprint density at radius 1 is 0.618 bits per heavy atom. The molecule has 0 aromatic heterocycles. The van der Waals surface area contributed by atoms with Crippen LogP contribution in [0.4, 0.5) is 0 Å². The van der Waals surface area contributed by atoms with Crippen molar-refractivity contribution >= 4 is 44.7 Å². The van der Waals surface area contributed by atoms with Crippen LogP contribution >= 0.6 is 23.2 Å². The average molecular weight is 499 g/mol. The molecule has 34 heavy (non-hydrogen) atoms. The molecular weight excluding hydrogens is 471 g/mol. The molecule has 4 aromatic rings. The standard InChI is InChI=1S/C28H28Cl2O4/c1-3-5-11-33-25-15-23(27(31)19-9-7-17(29)13-21(19)25)24-16-26(34-12-6-4-2)22-14-18(30)8-10-20(22)28(24)32/h7-10,13-16,31-32H,3-6,11-12H2,1-2H3. The number of phenolic OH excluding ortho intramolecular Hbond substituents is 2. The van der Waals surface area contributed by atoms with Crippen LogP contribution in [0.3, 0.4) is 0 Å². The number of benzene rings is 4. The van der Waals surface area contributed by atoms with Crippen LogP contribution in [-0.2, 0) is 0 Å². The third kappa shape index (κ3) is 4.84. The number of unbranched alkanes of at least 4 members (excludes halogenated alkanes) is 2. The summed E-state index contributed by atoms with van der Waals surface area (Å²) in [6.07, 6.45) is 3.79. The van der Waals surface area contributed by atoms with Crippen molar-refractivity contribution < 1.29 is 19.7 Å². The van der Waals surface area contributed by atoms with Crippen LogP contribution in [0.15, 0.2) is 48.5 Å². The summed E-state index contributed by atoms with van der Waals surface area (Å²) in [7, 11) is 0. The Morgan fingerprint density at radius 2 is 1.03 bits per heavy atom. The van der Waals surface area contributed by atoms with Gasteiger partial charge in [-0.2, -0.15) is 0 Å². The van der Waals surface area contributed by atoms with E-state index in [9.17, 15) is 10.2 Å². The molecule has 0 atom stereocenters. The zero-order chi connectivity index (χ0) is 24.2. The first-order valence-corrected chi connectivity index (χ1v) is 12.4. The zero-order valence-corrected chi connectivity index (χ0v) is 20.8. The smallest absolute Gasteiger partial charge is 0.131 e. The summed E-state index contributed by atoms with van der Waals surface area (Å²) in [5.74, 6) is 1.28. The molecule has 4 aromatic carbocycles. The van der Waals surface area contributed by atoms with Gasteiger partial charge in [0, 0.05) is 42.7 Å². The quantitative estimate of drug-likeness (QED) is 0.226. The molecule has 0 bridgehead atoms. The van der Waals surface area contributed by atoms with Gasteiger partial charge in [0.05, 0.1) is 13.2 Å². The number of hydrogen-bond donors (Lipinski definition) is 2. The predicted molar refractivity (Wildman–Crippen MR) is 141 cm³/mol. The van der Waals surface area contributed by atoms with Gasteiger partial charge in [0.15, 0.2) is 0 Å². The van der Waals surface area contributed by atoms with Gasteiger partial charge in [-0.05, 0) is 61.4 Å². The van der Waals surface area contributed by atoms with Crippen molar-refractivity contribution in [3.8, 4) is 34.1 Å². The van der Waals surface area contributed by atoms with Crippen LogP contribution in [0.1, 0.15) is 39.5 Å². The molecule has 0 saturated carbocycles. The van der Waals surface area contributed by atoms with E-state index in [0.29, 0.717) is 56.7 Å². The molecule has 4 nitrogen and oxygen atoms in total. The minimum absolute atomic E-state index is 0.0395. The first-order valence-electron chi connectivity index (χ1n) is 11.6. The fourth-order valence-electron chi connectivity index (χ4n) is 4.00. The average Bonchev–Trinajstić information content (AvgIpc) is 2.82. The lowest BCUT2D eigenvalue weighted by Crippen LogP contribution is -1.99. The molecule has 0 saturated heterocycles. The minimum atomic E-state index is 0.0395. The first-order chi connectivity index (χ1) is 16.4. The van der Waals surface area contributed by atoms with Crippen LogP contribution in [0, 0.1) is 0 Å². The van der Waals surface area contributed by atoms with Gasteiger partial charge >= 0.3 is 0 Å². The molecule has 2 N–H and O–H groups in total. The third-order valence-electron chi connectivity index (χ3n) is 5.87. The molecule has 0 aliphatic rings. The molecule has 0 heterocycles. The van der Waals surface area contributed by atoms with E-state index < -0.39 is 0 Å². The topological polar surface area (TPSA) is 58.9 Å². The fraction of sp³-hybridized carbons (Fsp3) is 0.286. The van der Waals surface area contributed by atoms with Crippen molar-refractivity contribution in [1.29, 1.82) is 0 Å². The number of hydrogen-bond acceptors (Lipinski definition) is 4. The van der Waals surface area contributed by atoms with Crippen LogP contribution in [0.25, 0.3) is 32.7 Å². The summed E-state index contributed by atoms with van der Waals surface area (Å²) in [6, 6.07) is 14.1. The monoisotopic (exact) mass is 498 g/mol. The second-order valence-corrected chi connectivity index (χ2v) is 9.20. The Kier molecular flexibility index (Phi) is 7.60. The molecule has 0 aliphatic heterocycles. The maximum atomic E-state index is 11.3. The molecule has 178 valence electrons. The van der Waals surface area contributed by atoms with E-state index >= 15 is 0 Å². The van der Waals surface area contributed by atoms with Crippen molar-refractivity contribution in [3.05, 3.63) is 58.6 Å². The number of rotatable bonds is 9. The Labute approximate surface area is 209 Å². The lowest BCUT2D eigenvalue weighted by Gasteiger charge is -2.18. The molecule has 6 heteroatoms. The van der Waals surface area contributed by atoms with Gasteiger partial charge < -0.3 is 19.7 Å². The van der Waals surface area contributed by atoms with E-state index in [2.05, 4.69) is 13.8 Å². The summed E-state index contributed by atoms with van der Waals surface area (Å²) >= 11 is 12.5. The Balaban J connectivity index is 1.95. The minimum Gasteiger partial charge on any atom is -0.507 e. The van der Waals surface area contributed by atoms with Crippen molar-refractivity contribution in [2.75, 3.05) is 13.2 Å². The Morgan fingerprint density at radius 3 is 1.41 bits per heavy atom. The molecule has 0 spiro atoms. The fourth-order valence-corrected chi connectivity index (χ4v) is 4.34. The van der Waals surface area contributed by atoms with Crippen LogP contribution in [-0.4, -0.2) is 23.4 Å². The van der Waals surface area contributed by atoms with E-state index in [1.165, 1.54) is 0 Å². The van der Waals surface area contributed by atoms with E-state index in [-0.39, 0.29) is 11.5 Å². The third-order valence-corrected chi connectivity index (χ3v) is 6.34. The van der Waals surface area contributed by atoms with Crippen molar-refractivity contribution in [2.45, 2.75) is 39.5 Å². The van der Waals surface area contributed by atoms with Gasteiger partial charge in [0.25, 0.3) is 0 Å². The van der Waals surface area contributed by atoms with Crippen LogP contribution < -0.4 is 9.47 Å². The number of aromatic hydroxyl groups is 2. The summed E-state index contributed by atoms with van der Waals surface area (Å²) in [4.78, 5) is 0. The highest BCUT2D eigenvalue weighted by Gasteiger charge is 2.20. The van der Waals surface area contributed by atoms with Gasteiger partial charge in [-0.1, -0.05) is 49.9 Å². The SMILES string of the molecule is CCCCOc1cc(-c2cc(OCCCC)c3cc(Cl)ccc3c2O)c(O)c2ccc(Cl)cc12. The molecule has 0 aliphatic carbocycles. The summed E-state index contributed by atoms with van der Waals surface area (Å²) in [5, 5.41) is 26.3.